The number of aromatic nitrogens is 3. The summed E-state index contributed by atoms with van der Waals surface area (Å²) >= 11 is 1.88. The molecule has 0 aliphatic carbocycles. The van der Waals surface area contributed by atoms with Crippen LogP contribution in [0.3, 0.4) is 0 Å². The second-order valence-electron chi connectivity index (χ2n) is 5.99. The van der Waals surface area contributed by atoms with Gasteiger partial charge < -0.3 is 16.0 Å². The third kappa shape index (κ3) is 4.15. The molecule has 0 radical (unpaired) electrons. The fraction of sp³-hybridized carbons (Fsp3) is 0.714. The van der Waals surface area contributed by atoms with Crippen LogP contribution in [0.15, 0.2) is 6.20 Å². The van der Waals surface area contributed by atoms with E-state index >= 15 is 0 Å². The van der Waals surface area contributed by atoms with Crippen LogP contribution < -0.4 is 16.0 Å². The molecule has 2 aliphatic heterocycles. The van der Waals surface area contributed by atoms with E-state index in [2.05, 4.69) is 26.3 Å². The molecule has 0 unspecified atom stereocenters. The summed E-state index contributed by atoms with van der Waals surface area (Å²) in [5.41, 5.74) is 0.872. The number of nitrogens with one attached hydrogen (secondary N) is 3. The average molecular weight is 338 g/mol. The van der Waals surface area contributed by atoms with Gasteiger partial charge in [0.25, 0.3) is 0 Å². The molecule has 23 heavy (non-hydrogen) atoms. The van der Waals surface area contributed by atoms with Crippen LogP contribution in [0, 0.1) is 6.92 Å². The lowest BCUT2D eigenvalue weighted by atomic mass is 10.0. The number of rotatable bonds is 7. The van der Waals surface area contributed by atoms with E-state index in [4.69, 9.17) is 0 Å². The molecule has 3 N–H and O–H groups in total. The first-order valence-electron chi connectivity index (χ1n) is 7.94. The van der Waals surface area contributed by atoms with Gasteiger partial charge in [0.15, 0.2) is 0 Å². The van der Waals surface area contributed by atoms with E-state index in [1.165, 1.54) is 0 Å². The number of thioether (sulfide) groups is 1. The monoisotopic (exact) mass is 338 g/mol. The minimum Gasteiger partial charge on any atom is -0.354 e. The van der Waals surface area contributed by atoms with Crippen molar-refractivity contribution in [1.29, 1.82) is 0 Å². The van der Waals surface area contributed by atoms with Crippen LogP contribution in [0.4, 0.5) is 4.79 Å². The lowest BCUT2D eigenvalue weighted by Gasteiger charge is -2.16. The lowest BCUT2D eigenvalue weighted by molar-refractivity contribution is -0.121. The highest BCUT2D eigenvalue weighted by molar-refractivity contribution is 8.00. The number of fused-ring (bicyclic) bond motifs is 1. The van der Waals surface area contributed by atoms with Crippen molar-refractivity contribution in [3.05, 3.63) is 11.9 Å². The highest BCUT2D eigenvalue weighted by Crippen LogP contribution is 2.32. The minimum absolute atomic E-state index is 0.0635. The molecule has 2 fully saturated rings. The van der Waals surface area contributed by atoms with Gasteiger partial charge in [0.2, 0.25) is 5.91 Å². The molecule has 0 spiro atoms. The molecule has 0 aromatic carbocycles. The number of carbonyl (C=O) groups excluding carboxylic acids is 2. The van der Waals surface area contributed by atoms with Crippen LogP contribution >= 0.6 is 11.8 Å². The van der Waals surface area contributed by atoms with Crippen molar-refractivity contribution in [2.75, 3.05) is 12.3 Å². The topological polar surface area (TPSA) is 101 Å². The van der Waals surface area contributed by atoms with E-state index in [1.807, 2.05) is 24.9 Å². The van der Waals surface area contributed by atoms with E-state index in [1.54, 1.807) is 4.68 Å². The number of hydrogen-bond acceptors (Lipinski definition) is 5. The Morgan fingerprint density at radius 1 is 1.52 bits per heavy atom. The largest absolute Gasteiger partial charge is 0.354 e. The second kappa shape index (κ2) is 7.20. The van der Waals surface area contributed by atoms with Gasteiger partial charge >= 0.3 is 6.03 Å². The summed E-state index contributed by atoms with van der Waals surface area (Å²) in [6.07, 6.45) is 4.16. The molecule has 1 aromatic rings. The molecule has 3 amide bonds. The molecule has 9 heteroatoms. The van der Waals surface area contributed by atoms with E-state index in [0.717, 1.165) is 24.3 Å². The predicted molar refractivity (Wildman–Crippen MR) is 87.1 cm³/mol. The van der Waals surface area contributed by atoms with Crippen LogP contribution in [0.5, 0.6) is 0 Å². The number of carbonyl (C=O) groups is 2. The number of hydrogen-bond donors (Lipinski definition) is 3. The van der Waals surface area contributed by atoms with Gasteiger partial charge in [0, 0.05) is 30.2 Å². The van der Waals surface area contributed by atoms with Gasteiger partial charge in [0.05, 0.1) is 24.3 Å². The highest BCUT2D eigenvalue weighted by Gasteiger charge is 2.42. The standard InChI is InChI=1S/C14H22N6O2S/c1-9-7-20(19-18-9)6-5-15-12(21)4-2-3-11-13-10(8-23-11)16-14(22)17-13/h7,10-11,13H,2-6,8H2,1H3,(H,15,21)(H2,16,17,22)/t10-,11-,13-/m0/s1. The first-order chi connectivity index (χ1) is 11.1. The van der Waals surface area contributed by atoms with Gasteiger partial charge in [-0.1, -0.05) is 5.21 Å². The Morgan fingerprint density at radius 2 is 2.39 bits per heavy atom. The molecular weight excluding hydrogens is 316 g/mol. The fourth-order valence-corrected chi connectivity index (χ4v) is 4.55. The number of nitrogens with zero attached hydrogens (tertiary/aromatic N) is 3. The Balaban J connectivity index is 1.30. The molecule has 2 saturated heterocycles. The molecule has 3 heterocycles. The van der Waals surface area contributed by atoms with Gasteiger partial charge in [-0.2, -0.15) is 11.8 Å². The van der Waals surface area contributed by atoms with Crippen molar-refractivity contribution < 1.29 is 9.59 Å². The van der Waals surface area contributed by atoms with Gasteiger partial charge in [-0.15, -0.1) is 5.10 Å². The highest BCUT2D eigenvalue weighted by atomic mass is 32.2. The molecule has 3 rings (SSSR count). The quantitative estimate of drug-likeness (QED) is 0.609. The summed E-state index contributed by atoms with van der Waals surface area (Å²) < 4.78 is 1.72. The van der Waals surface area contributed by atoms with Crippen molar-refractivity contribution in [3.8, 4) is 0 Å². The van der Waals surface area contributed by atoms with Crippen molar-refractivity contribution in [3.63, 3.8) is 0 Å². The van der Waals surface area contributed by atoms with Crippen LogP contribution in [0.2, 0.25) is 0 Å². The number of urea groups is 1. The Kier molecular flexibility index (Phi) is 5.04. The van der Waals surface area contributed by atoms with E-state index in [0.29, 0.717) is 24.8 Å². The van der Waals surface area contributed by atoms with Crippen LogP contribution in [-0.2, 0) is 11.3 Å². The van der Waals surface area contributed by atoms with Crippen molar-refractivity contribution in [2.24, 2.45) is 0 Å². The Morgan fingerprint density at radius 3 is 3.17 bits per heavy atom. The average Bonchev–Trinajstić information content (AvgIpc) is 3.17. The SMILES string of the molecule is Cc1cn(CCNC(=O)CCC[C@@H]2SC[C@@H]3NC(=O)N[C@@H]32)nn1. The summed E-state index contributed by atoms with van der Waals surface area (Å²) in [7, 11) is 0. The van der Waals surface area contributed by atoms with E-state index in [9.17, 15) is 9.59 Å². The number of amides is 3. The maximum atomic E-state index is 11.8. The normalized spacial score (nSPS) is 25.8. The first kappa shape index (κ1) is 16.1. The summed E-state index contributed by atoms with van der Waals surface area (Å²) in [6, 6.07) is 0.398. The van der Waals surface area contributed by atoms with Crippen molar-refractivity contribution in [2.45, 2.75) is 50.1 Å². The van der Waals surface area contributed by atoms with Crippen LogP contribution in [-0.4, -0.2) is 56.6 Å². The van der Waals surface area contributed by atoms with E-state index < -0.39 is 0 Å². The summed E-state index contributed by atoms with van der Waals surface area (Å²) in [4.78, 5) is 23.2. The first-order valence-corrected chi connectivity index (χ1v) is 8.99. The predicted octanol–water partition coefficient (Wildman–Crippen LogP) is 0.0384. The van der Waals surface area contributed by atoms with Gasteiger partial charge in [-0.25, -0.2) is 4.79 Å². The zero-order chi connectivity index (χ0) is 16.2. The molecule has 8 nitrogen and oxygen atoms in total. The Labute approximate surface area is 139 Å². The third-order valence-corrected chi connectivity index (χ3v) is 5.66. The Hall–Kier alpha value is -1.77. The number of aryl methyl sites for hydroxylation is 1. The molecule has 2 aliphatic rings. The molecule has 1 aromatic heterocycles. The van der Waals surface area contributed by atoms with Crippen molar-refractivity contribution in [1.82, 2.24) is 30.9 Å². The maximum Gasteiger partial charge on any atom is 0.315 e. The van der Waals surface area contributed by atoms with Gasteiger partial charge in [-0.05, 0) is 19.8 Å². The summed E-state index contributed by atoms with van der Waals surface area (Å²) in [5.74, 6) is 1.02. The fourth-order valence-electron chi connectivity index (χ4n) is 3.01. The lowest BCUT2D eigenvalue weighted by Crippen LogP contribution is -2.37. The van der Waals surface area contributed by atoms with Gasteiger partial charge in [-0.3, -0.25) is 9.48 Å². The zero-order valence-corrected chi connectivity index (χ0v) is 13.9. The van der Waals surface area contributed by atoms with E-state index in [-0.39, 0.29) is 24.0 Å². The zero-order valence-electron chi connectivity index (χ0n) is 13.1. The molecular formula is C14H22N6O2S. The summed E-state index contributed by atoms with van der Waals surface area (Å²) in [6.45, 7) is 3.08. The van der Waals surface area contributed by atoms with Crippen LogP contribution in [0.1, 0.15) is 25.0 Å². The van der Waals surface area contributed by atoms with Crippen LogP contribution in [0.25, 0.3) is 0 Å². The second-order valence-corrected chi connectivity index (χ2v) is 7.26. The van der Waals surface area contributed by atoms with Crippen molar-refractivity contribution >= 4 is 23.7 Å². The maximum absolute atomic E-state index is 11.8. The Bertz CT molecular complexity index is 577. The molecule has 0 saturated carbocycles. The summed E-state index contributed by atoms with van der Waals surface area (Å²) in [5, 5.41) is 17.0. The third-order valence-electron chi connectivity index (χ3n) is 4.15. The van der Waals surface area contributed by atoms with Gasteiger partial charge in [0.1, 0.15) is 0 Å². The molecule has 126 valence electrons. The molecule has 3 atom stereocenters. The molecule has 0 bridgehead atoms. The smallest absolute Gasteiger partial charge is 0.315 e. The minimum atomic E-state index is -0.0635.